The summed E-state index contributed by atoms with van der Waals surface area (Å²) in [6.45, 7) is 4.26. The molecule has 18 heavy (non-hydrogen) atoms. The van der Waals surface area contributed by atoms with Gasteiger partial charge in [-0.2, -0.15) is 0 Å². The Labute approximate surface area is 107 Å². The monoisotopic (exact) mass is 246 g/mol. The van der Waals surface area contributed by atoms with Crippen LogP contribution < -0.4 is 10.5 Å². The molecule has 0 saturated heterocycles. The Balaban J connectivity index is 2.28. The fraction of sp³-hybridized carbons (Fsp3) is 0.357. The Hall–Kier alpha value is -1.97. The molecular formula is C14H18N2O2. The summed E-state index contributed by atoms with van der Waals surface area (Å²) in [6, 6.07) is 5.45. The number of nitrogens with zero attached hydrogens (tertiary/aromatic N) is 1. The Bertz CT molecular complexity index is 467. The topological polar surface area (TPSA) is 55.6 Å². The maximum Gasteiger partial charge on any atom is 0.258 e. The molecule has 4 heteroatoms. The molecule has 1 saturated carbocycles. The van der Waals surface area contributed by atoms with Crippen molar-refractivity contribution >= 4 is 11.6 Å². The van der Waals surface area contributed by atoms with Crippen LogP contribution in [-0.2, 0) is 0 Å². The summed E-state index contributed by atoms with van der Waals surface area (Å²) in [4.78, 5) is 14.3. The Morgan fingerprint density at radius 3 is 2.89 bits per heavy atom. The molecule has 2 rings (SSSR count). The van der Waals surface area contributed by atoms with E-state index < -0.39 is 0 Å². The lowest BCUT2D eigenvalue weighted by Crippen LogP contribution is -2.33. The number of benzene rings is 1. The van der Waals surface area contributed by atoms with Crippen LogP contribution in [0, 0.1) is 0 Å². The predicted octanol–water partition coefficient (Wildman–Crippen LogP) is 2.07. The third kappa shape index (κ3) is 2.47. The fourth-order valence-electron chi connectivity index (χ4n) is 1.96. The third-order valence-corrected chi connectivity index (χ3v) is 3.03. The summed E-state index contributed by atoms with van der Waals surface area (Å²) in [7, 11) is 1.54. The van der Waals surface area contributed by atoms with Crippen LogP contribution in [0.2, 0.25) is 0 Å². The van der Waals surface area contributed by atoms with Gasteiger partial charge in [-0.05, 0) is 25.0 Å². The van der Waals surface area contributed by atoms with Crippen LogP contribution in [0.15, 0.2) is 30.9 Å². The molecule has 0 bridgehead atoms. The molecule has 0 aromatic heterocycles. The standard InChI is InChI=1S/C14H18N2O2/c1-3-8-16(11-5-6-11)14(17)12-7-4-10(15)9-13(12)18-2/h3-4,7,9,11H,1,5-6,8,15H2,2H3. The summed E-state index contributed by atoms with van der Waals surface area (Å²) >= 11 is 0. The first-order valence-electron chi connectivity index (χ1n) is 6.02. The molecule has 1 aromatic carbocycles. The molecule has 4 nitrogen and oxygen atoms in total. The number of nitrogen functional groups attached to an aromatic ring is 1. The second kappa shape index (κ2) is 5.12. The lowest BCUT2D eigenvalue weighted by molar-refractivity contribution is 0.0759. The highest BCUT2D eigenvalue weighted by Crippen LogP contribution is 2.30. The highest BCUT2D eigenvalue weighted by atomic mass is 16.5. The minimum absolute atomic E-state index is 0.0192. The maximum atomic E-state index is 12.5. The van der Waals surface area contributed by atoms with Gasteiger partial charge >= 0.3 is 0 Å². The highest BCUT2D eigenvalue weighted by Gasteiger charge is 2.33. The zero-order chi connectivity index (χ0) is 13.1. The first-order valence-corrected chi connectivity index (χ1v) is 6.02. The number of amides is 1. The molecule has 1 fully saturated rings. The van der Waals surface area contributed by atoms with Crippen molar-refractivity contribution in [3.8, 4) is 5.75 Å². The number of hydrogen-bond donors (Lipinski definition) is 1. The van der Waals surface area contributed by atoms with Gasteiger partial charge in [-0.3, -0.25) is 4.79 Å². The second-order valence-corrected chi connectivity index (χ2v) is 4.44. The molecule has 0 radical (unpaired) electrons. The van der Waals surface area contributed by atoms with E-state index in [1.54, 1.807) is 31.4 Å². The largest absolute Gasteiger partial charge is 0.496 e. The first-order chi connectivity index (χ1) is 8.67. The molecule has 1 amide bonds. The van der Waals surface area contributed by atoms with E-state index >= 15 is 0 Å². The molecule has 0 aliphatic heterocycles. The van der Waals surface area contributed by atoms with Gasteiger partial charge in [0.25, 0.3) is 5.91 Å². The van der Waals surface area contributed by atoms with Crippen molar-refractivity contribution in [3.05, 3.63) is 36.4 Å². The molecule has 1 aliphatic rings. The number of nitrogens with two attached hydrogens (primary N) is 1. The van der Waals surface area contributed by atoms with Gasteiger partial charge in [0.15, 0.2) is 0 Å². The highest BCUT2D eigenvalue weighted by molar-refractivity contribution is 5.97. The van der Waals surface area contributed by atoms with Crippen molar-refractivity contribution in [2.24, 2.45) is 0 Å². The summed E-state index contributed by atoms with van der Waals surface area (Å²) in [5.41, 5.74) is 6.83. The van der Waals surface area contributed by atoms with Gasteiger partial charge in [-0.15, -0.1) is 6.58 Å². The zero-order valence-electron chi connectivity index (χ0n) is 10.6. The second-order valence-electron chi connectivity index (χ2n) is 4.44. The van der Waals surface area contributed by atoms with Gasteiger partial charge in [0.1, 0.15) is 5.75 Å². The number of hydrogen-bond acceptors (Lipinski definition) is 3. The molecular weight excluding hydrogens is 228 g/mol. The number of rotatable bonds is 5. The van der Waals surface area contributed by atoms with Gasteiger partial charge in [0, 0.05) is 24.3 Å². The minimum atomic E-state index is -0.0192. The smallest absolute Gasteiger partial charge is 0.258 e. The quantitative estimate of drug-likeness (QED) is 0.639. The van der Waals surface area contributed by atoms with Gasteiger partial charge < -0.3 is 15.4 Å². The van der Waals surface area contributed by atoms with Crippen LogP contribution >= 0.6 is 0 Å². The molecule has 0 unspecified atom stereocenters. The lowest BCUT2D eigenvalue weighted by atomic mass is 10.1. The molecule has 2 N–H and O–H groups in total. The SMILES string of the molecule is C=CCN(C(=O)c1ccc(N)cc1OC)C1CC1. The van der Waals surface area contributed by atoms with E-state index in [0.29, 0.717) is 29.6 Å². The molecule has 0 atom stereocenters. The van der Waals surface area contributed by atoms with E-state index in [0.717, 1.165) is 12.8 Å². The maximum absolute atomic E-state index is 12.5. The summed E-state index contributed by atoms with van der Waals surface area (Å²) < 4.78 is 5.22. The fourth-order valence-corrected chi connectivity index (χ4v) is 1.96. The van der Waals surface area contributed by atoms with Crippen molar-refractivity contribution in [2.75, 3.05) is 19.4 Å². The Morgan fingerprint density at radius 2 is 2.33 bits per heavy atom. The molecule has 1 aliphatic carbocycles. The number of anilines is 1. The van der Waals surface area contributed by atoms with Crippen LogP contribution in [0.4, 0.5) is 5.69 Å². The molecule has 1 aromatic rings. The van der Waals surface area contributed by atoms with Crippen molar-refractivity contribution < 1.29 is 9.53 Å². The van der Waals surface area contributed by atoms with Crippen LogP contribution in [-0.4, -0.2) is 30.5 Å². The van der Waals surface area contributed by atoms with Crippen LogP contribution in [0.3, 0.4) is 0 Å². The number of methoxy groups -OCH3 is 1. The molecule has 0 spiro atoms. The lowest BCUT2D eigenvalue weighted by Gasteiger charge is -2.21. The van der Waals surface area contributed by atoms with Crippen LogP contribution in [0.1, 0.15) is 23.2 Å². The number of carbonyl (C=O) groups is 1. The molecule has 96 valence electrons. The van der Waals surface area contributed by atoms with Crippen molar-refractivity contribution in [1.29, 1.82) is 0 Å². The van der Waals surface area contributed by atoms with Crippen LogP contribution in [0.25, 0.3) is 0 Å². The summed E-state index contributed by atoms with van der Waals surface area (Å²) in [5.74, 6) is 0.504. The van der Waals surface area contributed by atoms with E-state index in [2.05, 4.69) is 6.58 Å². The first kappa shape index (κ1) is 12.5. The van der Waals surface area contributed by atoms with E-state index in [1.165, 1.54) is 0 Å². The zero-order valence-corrected chi connectivity index (χ0v) is 10.6. The van der Waals surface area contributed by atoms with E-state index in [4.69, 9.17) is 10.5 Å². The Kier molecular flexibility index (Phi) is 3.55. The van der Waals surface area contributed by atoms with E-state index in [-0.39, 0.29) is 5.91 Å². The average molecular weight is 246 g/mol. The van der Waals surface area contributed by atoms with Crippen molar-refractivity contribution in [3.63, 3.8) is 0 Å². The van der Waals surface area contributed by atoms with E-state index in [9.17, 15) is 4.79 Å². The van der Waals surface area contributed by atoms with E-state index in [1.807, 2.05) is 4.90 Å². The van der Waals surface area contributed by atoms with Crippen LogP contribution in [0.5, 0.6) is 5.75 Å². The van der Waals surface area contributed by atoms with Crippen molar-refractivity contribution in [1.82, 2.24) is 4.90 Å². The van der Waals surface area contributed by atoms with Crippen molar-refractivity contribution in [2.45, 2.75) is 18.9 Å². The third-order valence-electron chi connectivity index (χ3n) is 3.03. The number of ether oxygens (including phenoxy) is 1. The van der Waals surface area contributed by atoms with Gasteiger partial charge in [0.2, 0.25) is 0 Å². The van der Waals surface area contributed by atoms with Gasteiger partial charge in [-0.25, -0.2) is 0 Å². The van der Waals surface area contributed by atoms with Gasteiger partial charge in [0.05, 0.1) is 12.7 Å². The predicted molar refractivity (Wildman–Crippen MR) is 71.7 cm³/mol. The number of carbonyl (C=O) groups excluding carboxylic acids is 1. The summed E-state index contributed by atoms with van der Waals surface area (Å²) in [6.07, 6.45) is 3.88. The Morgan fingerprint density at radius 1 is 1.61 bits per heavy atom. The molecule has 0 heterocycles. The normalized spacial score (nSPS) is 14.1. The van der Waals surface area contributed by atoms with Gasteiger partial charge in [-0.1, -0.05) is 6.08 Å². The summed E-state index contributed by atoms with van der Waals surface area (Å²) in [5, 5.41) is 0. The minimum Gasteiger partial charge on any atom is -0.496 e. The average Bonchev–Trinajstić information content (AvgIpc) is 3.19.